The minimum atomic E-state index is -0.246. The van der Waals surface area contributed by atoms with Crippen molar-refractivity contribution in [1.82, 2.24) is 25.3 Å². The normalized spacial score (nSPS) is 15.9. The summed E-state index contributed by atoms with van der Waals surface area (Å²) in [4.78, 5) is 16.2. The molecule has 7 nitrogen and oxygen atoms in total. The van der Waals surface area contributed by atoms with Gasteiger partial charge < -0.3 is 10.6 Å². The van der Waals surface area contributed by atoms with Gasteiger partial charge in [0.05, 0.1) is 12.2 Å². The van der Waals surface area contributed by atoms with Crippen molar-refractivity contribution in [3.05, 3.63) is 35.9 Å². The first-order chi connectivity index (χ1) is 10.2. The van der Waals surface area contributed by atoms with E-state index < -0.39 is 0 Å². The fourth-order valence-electron chi connectivity index (χ4n) is 2.43. The summed E-state index contributed by atoms with van der Waals surface area (Å²) in [5.74, 6) is -0.246. The van der Waals surface area contributed by atoms with Crippen LogP contribution in [0.4, 0.5) is 5.69 Å². The van der Waals surface area contributed by atoms with Crippen LogP contribution in [0, 0.1) is 6.92 Å². The lowest BCUT2D eigenvalue weighted by Gasteiger charge is -2.22. The van der Waals surface area contributed by atoms with E-state index in [2.05, 4.69) is 25.9 Å². The molecule has 2 N–H and O–H groups in total. The number of hydrogen-bond donors (Lipinski definition) is 2. The number of carbonyl (C=O) groups is 1. The molecule has 110 valence electrons. The third-order valence-electron chi connectivity index (χ3n) is 3.69. The Labute approximate surface area is 122 Å². The predicted molar refractivity (Wildman–Crippen MR) is 78.1 cm³/mol. The van der Waals surface area contributed by atoms with Crippen LogP contribution in [-0.4, -0.2) is 39.0 Å². The van der Waals surface area contributed by atoms with Crippen molar-refractivity contribution in [3.8, 4) is 0 Å². The summed E-state index contributed by atoms with van der Waals surface area (Å²) in [6, 6.07) is 2.09. The van der Waals surface area contributed by atoms with Crippen LogP contribution in [0.5, 0.6) is 0 Å². The van der Waals surface area contributed by atoms with Crippen molar-refractivity contribution in [3.63, 3.8) is 0 Å². The SMILES string of the molecule is Cc1cnccc1NC(=O)c1cn(C2CCNCC2)nn1. The maximum absolute atomic E-state index is 12.2. The zero-order valence-electron chi connectivity index (χ0n) is 11.9. The maximum atomic E-state index is 12.2. The molecule has 1 aliphatic rings. The Hall–Kier alpha value is -2.28. The van der Waals surface area contributed by atoms with Crippen LogP contribution in [0.15, 0.2) is 24.7 Å². The molecular formula is C14H18N6O. The second-order valence-electron chi connectivity index (χ2n) is 5.21. The molecule has 0 aromatic carbocycles. The molecule has 21 heavy (non-hydrogen) atoms. The number of piperidine rings is 1. The molecule has 0 unspecified atom stereocenters. The summed E-state index contributed by atoms with van der Waals surface area (Å²) in [7, 11) is 0. The van der Waals surface area contributed by atoms with Gasteiger partial charge in [-0.15, -0.1) is 5.10 Å². The zero-order valence-corrected chi connectivity index (χ0v) is 11.9. The summed E-state index contributed by atoms with van der Waals surface area (Å²) in [5.41, 5.74) is 1.99. The van der Waals surface area contributed by atoms with Gasteiger partial charge in [-0.05, 0) is 44.5 Å². The number of pyridine rings is 1. The van der Waals surface area contributed by atoms with Gasteiger partial charge in [-0.1, -0.05) is 5.21 Å². The van der Waals surface area contributed by atoms with Gasteiger partial charge in [-0.3, -0.25) is 9.78 Å². The van der Waals surface area contributed by atoms with Crippen molar-refractivity contribution in [2.45, 2.75) is 25.8 Å². The fraction of sp³-hybridized carbons (Fsp3) is 0.429. The molecule has 3 rings (SSSR count). The Kier molecular flexibility index (Phi) is 3.92. The van der Waals surface area contributed by atoms with E-state index in [0.29, 0.717) is 11.7 Å². The Morgan fingerprint density at radius 3 is 3.00 bits per heavy atom. The highest BCUT2D eigenvalue weighted by Gasteiger charge is 2.19. The number of nitrogens with one attached hydrogen (secondary N) is 2. The zero-order chi connectivity index (χ0) is 14.7. The molecule has 0 aliphatic carbocycles. The number of hydrogen-bond acceptors (Lipinski definition) is 5. The lowest BCUT2D eigenvalue weighted by atomic mass is 10.1. The Morgan fingerprint density at radius 1 is 1.43 bits per heavy atom. The highest BCUT2D eigenvalue weighted by molar-refractivity contribution is 6.02. The number of aromatic nitrogens is 4. The lowest BCUT2D eigenvalue weighted by Crippen LogP contribution is -2.29. The molecule has 1 aliphatic heterocycles. The van der Waals surface area contributed by atoms with E-state index in [0.717, 1.165) is 37.2 Å². The van der Waals surface area contributed by atoms with Crippen LogP contribution >= 0.6 is 0 Å². The second kappa shape index (κ2) is 6.01. The molecule has 0 saturated carbocycles. The lowest BCUT2D eigenvalue weighted by molar-refractivity contribution is 0.102. The van der Waals surface area contributed by atoms with Gasteiger partial charge >= 0.3 is 0 Å². The van der Waals surface area contributed by atoms with E-state index in [1.807, 2.05) is 6.92 Å². The second-order valence-corrected chi connectivity index (χ2v) is 5.21. The molecular weight excluding hydrogens is 268 g/mol. The average molecular weight is 286 g/mol. The Morgan fingerprint density at radius 2 is 2.24 bits per heavy atom. The number of amides is 1. The summed E-state index contributed by atoms with van der Waals surface area (Å²) < 4.78 is 1.80. The van der Waals surface area contributed by atoms with Crippen LogP contribution in [0.25, 0.3) is 0 Å². The largest absolute Gasteiger partial charge is 0.320 e. The molecule has 2 aromatic heterocycles. The highest BCUT2D eigenvalue weighted by atomic mass is 16.2. The molecule has 0 spiro atoms. The van der Waals surface area contributed by atoms with Crippen LogP contribution in [0.3, 0.4) is 0 Å². The molecule has 1 amide bonds. The monoisotopic (exact) mass is 286 g/mol. The van der Waals surface area contributed by atoms with Gasteiger partial charge in [0, 0.05) is 18.1 Å². The summed E-state index contributed by atoms with van der Waals surface area (Å²) in [5, 5.41) is 14.2. The van der Waals surface area contributed by atoms with Gasteiger partial charge in [-0.25, -0.2) is 4.68 Å². The van der Waals surface area contributed by atoms with Crippen LogP contribution in [-0.2, 0) is 0 Å². The van der Waals surface area contributed by atoms with Gasteiger partial charge in [0.2, 0.25) is 0 Å². The molecule has 0 atom stereocenters. The first kappa shape index (κ1) is 13.7. The topological polar surface area (TPSA) is 84.7 Å². The van der Waals surface area contributed by atoms with Crippen molar-refractivity contribution in [1.29, 1.82) is 0 Å². The van der Waals surface area contributed by atoms with Gasteiger partial charge in [0.15, 0.2) is 5.69 Å². The fourth-order valence-corrected chi connectivity index (χ4v) is 2.43. The Bertz CT molecular complexity index is 632. The third-order valence-corrected chi connectivity index (χ3v) is 3.69. The van der Waals surface area contributed by atoms with E-state index in [9.17, 15) is 4.79 Å². The summed E-state index contributed by atoms with van der Waals surface area (Å²) >= 11 is 0. The van der Waals surface area contributed by atoms with E-state index >= 15 is 0 Å². The Balaban J connectivity index is 1.71. The number of aryl methyl sites for hydroxylation is 1. The van der Waals surface area contributed by atoms with Crippen molar-refractivity contribution < 1.29 is 4.79 Å². The third kappa shape index (κ3) is 3.08. The predicted octanol–water partition coefficient (Wildman–Crippen LogP) is 1.16. The van der Waals surface area contributed by atoms with E-state index in [1.165, 1.54) is 0 Å². The highest BCUT2D eigenvalue weighted by Crippen LogP contribution is 2.18. The quantitative estimate of drug-likeness (QED) is 0.884. The first-order valence-corrected chi connectivity index (χ1v) is 7.08. The smallest absolute Gasteiger partial charge is 0.277 e. The minimum Gasteiger partial charge on any atom is -0.320 e. The van der Waals surface area contributed by atoms with Gasteiger partial charge in [-0.2, -0.15) is 0 Å². The maximum Gasteiger partial charge on any atom is 0.277 e. The van der Waals surface area contributed by atoms with Crippen molar-refractivity contribution >= 4 is 11.6 Å². The molecule has 3 heterocycles. The van der Waals surface area contributed by atoms with Crippen LogP contribution in [0.2, 0.25) is 0 Å². The van der Waals surface area contributed by atoms with Crippen LogP contribution in [0.1, 0.15) is 34.9 Å². The van der Waals surface area contributed by atoms with Crippen molar-refractivity contribution in [2.24, 2.45) is 0 Å². The number of anilines is 1. The minimum absolute atomic E-state index is 0.246. The molecule has 0 radical (unpaired) electrons. The number of rotatable bonds is 3. The number of carbonyl (C=O) groups excluding carboxylic acids is 1. The molecule has 1 fully saturated rings. The van der Waals surface area contributed by atoms with Crippen LogP contribution < -0.4 is 10.6 Å². The molecule has 7 heteroatoms. The van der Waals surface area contributed by atoms with Crippen molar-refractivity contribution in [2.75, 3.05) is 18.4 Å². The first-order valence-electron chi connectivity index (χ1n) is 7.08. The molecule has 0 bridgehead atoms. The van der Waals surface area contributed by atoms with Gasteiger partial charge in [0.25, 0.3) is 5.91 Å². The standard InChI is InChI=1S/C14H18N6O/c1-10-8-16-7-4-12(10)17-14(21)13-9-20(19-18-13)11-2-5-15-6-3-11/h4,7-9,11,15H,2-3,5-6H2,1H3,(H,16,17,21). The van der Waals surface area contributed by atoms with Gasteiger partial charge in [0.1, 0.15) is 0 Å². The number of nitrogens with zero attached hydrogens (tertiary/aromatic N) is 4. The average Bonchev–Trinajstić information content (AvgIpc) is 3.00. The molecule has 2 aromatic rings. The summed E-state index contributed by atoms with van der Waals surface area (Å²) in [6.07, 6.45) is 7.10. The van der Waals surface area contributed by atoms with E-state index in [1.54, 1.807) is 29.3 Å². The van der Waals surface area contributed by atoms with E-state index in [4.69, 9.17) is 0 Å². The van der Waals surface area contributed by atoms with E-state index in [-0.39, 0.29) is 5.91 Å². The molecule has 1 saturated heterocycles. The summed E-state index contributed by atoms with van der Waals surface area (Å²) in [6.45, 7) is 3.85.